The first-order valence-corrected chi connectivity index (χ1v) is 5.23. The van der Waals surface area contributed by atoms with Crippen molar-refractivity contribution in [1.82, 2.24) is 0 Å². The molecule has 0 aromatic rings. The molecule has 0 nitrogen and oxygen atoms in total. The van der Waals surface area contributed by atoms with E-state index in [0.29, 0.717) is 0 Å². The van der Waals surface area contributed by atoms with Gasteiger partial charge >= 0.3 is 0 Å². The molecule has 0 spiro atoms. The van der Waals surface area contributed by atoms with Gasteiger partial charge in [-0.15, -0.1) is 17.0 Å². The predicted molar refractivity (Wildman–Crippen MR) is 56.6 cm³/mol. The summed E-state index contributed by atoms with van der Waals surface area (Å²) in [5.41, 5.74) is 0.800. The van der Waals surface area contributed by atoms with E-state index < -0.39 is 0 Å². The normalized spacial score (nSPS) is 55.2. The van der Waals surface area contributed by atoms with Crippen molar-refractivity contribution < 1.29 is 0 Å². The highest BCUT2D eigenvalue weighted by atomic mass is 79.9. The molecule has 1 heteroatoms. The van der Waals surface area contributed by atoms with Gasteiger partial charge in [-0.1, -0.05) is 6.92 Å². The van der Waals surface area contributed by atoms with Gasteiger partial charge in [-0.25, -0.2) is 0 Å². The molecule has 4 saturated carbocycles. The van der Waals surface area contributed by atoms with Crippen LogP contribution < -0.4 is 0 Å². The van der Waals surface area contributed by atoms with Crippen LogP contribution in [0.5, 0.6) is 0 Å². The highest BCUT2D eigenvalue weighted by molar-refractivity contribution is 8.93. The molecule has 70 valence electrons. The summed E-state index contributed by atoms with van der Waals surface area (Å²) >= 11 is 0. The summed E-state index contributed by atoms with van der Waals surface area (Å²) in [6, 6.07) is 0. The standard InChI is InChI=1S/C11H18.BrH/c1-11-5-8-2-9(6-11)4-10(3-8)7-11;/h8-10H,2-7H2,1H3;1H. The molecule has 0 saturated heterocycles. The molecule has 12 heavy (non-hydrogen) atoms. The van der Waals surface area contributed by atoms with Gasteiger partial charge in [0.2, 0.25) is 0 Å². The van der Waals surface area contributed by atoms with Crippen LogP contribution >= 0.6 is 17.0 Å². The lowest BCUT2D eigenvalue weighted by Crippen LogP contribution is -2.44. The highest BCUT2D eigenvalue weighted by Gasteiger charge is 2.48. The van der Waals surface area contributed by atoms with E-state index in [2.05, 4.69) is 6.92 Å². The van der Waals surface area contributed by atoms with Gasteiger partial charge in [0.25, 0.3) is 0 Å². The molecule has 0 atom stereocenters. The van der Waals surface area contributed by atoms with Crippen LogP contribution in [0.2, 0.25) is 0 Å². The van der Waals surface area contributed by atoms with Crippen molar-refractivity contribution in [3.8, 4) is 0 Å². The van der Waals surface area contributed by atoms with Gasteiger partial charge in [-0.3, -0.25) is 0 Å². The molecule has 0 heterocycles. The van der Waals surface area contributed by atoms with Crippen molar-refractivity contribution in [2.24, 2.45) is 23.2 Å². The molecule has 4 aliphatic carbocycles. The molecule has 4 bridgehead atoms. The van der Waals surface area contributed by atoms with E-state index in [0.717, 1.165) is 23.2 Å². The molecule has 0 aromatic carbocycles. The Morgan fingerprint density at radius 1 is 0.833 bits per heavy atom. The van der Waals surface area contributed by atoms with Crippen LogP contribution in [-0.2, 0) is 0 Å². The third-order valence-electron chi connectivity index (χ3n) is 4.34. The molecule has 0 amide bonds. The Morgan fingerprint density at radius 2 is 1.17 bits per heavy atom. The Kier molecular flexibility index (Phi) is 2.06. The maximum atomic E-state index is 2.54. The molecular formula is C11H19Br. The monoisotopic (exact) mass is 230 g/mol. The van der Waals surface area contributed by atoms with Crippen molar-refractivity contribution in [2.75, 3.05) is 0 Å². The van der Waals surface area contributed by atoms with Crippen molar-refractivity contribution in [1.29, 1.82) is 0 Å². The minimum atomic E-state index is 0. The van der Waals surface area contributed by atoms with Crippen LogP contribution in [0.1, 0.15) is 45.4 Å². The maximum Gasteiger partial charge on any atom is -0.0318 e. The second kappa shape index (κ2) is 2.73. The number of hydrogen-bond acceptors (Lipinski definition) is 0. The number of halogens is 1. The topological polar surface area (TPSA) is 0 Å². The largest absolute Gasteiger partial charge is 0.114 e. The van der Waals surface area contributed by atoms with E-state index in [4.69, 9.17) is 0 Å². The second-order valence-electron chi connectivity index (χ2n) is 5.73. The minimum Gasteiger partial charge on any atom is -0.114 e. The van der Waals surface area contributed by atoms with Crippen molar-refractivity contribution in [2.45, 2.75) is 45.4 Å². The fourth-order valence-electron chi connectivity index (χ4n) is 4.54. The van der Waals surface area contributed by atoms with Gasteiger partial charge < -0.3 is 0 Å². The molecule has 4 fully saturated rings. The van der Waals surface area contributed by atoms with Gasteiger partial charge in [0.05, 0.1) is 0 Å². The summed E-state index contributed by atoms with van der Waals surface area (Å²) in [5, 5.41) is 0. The quantitative estimate of drug-likeness (QED) is 0.594. The van der Waals surface area contributed by atoms with Crippen molar-refractivity contribution in [3.63, 3.8) is 0 Å². The average Bonchev–Trinajstić information content (AvgIpc) is 1.79. The van der Waals surface area contributed by atoms with E-state index in [-0.39, 0.29) is 17.0 Å². The molecule has 0 N–H and O–H groups in total. The Bertz CT molecular complexity index is 150. The van der Waals surface area contributed by atoms with E-state index in [1.807, 2.05) is 0 Å². The molecular weight excluding hydrogens is 212 g/mol. The molecule has 0 radical (unpaired) electrons. The van der Waals surface area contributed by atoms with Gasteiger partial charge in [0.15, 0.2) is 0 Å². The van der Waals surface area contributed by atoms with E-state index in [1.54, 1.807) is 38.5 Å². The van der Waals surface area contributed by atoms with Crippen molar-refractivity contribution in [3.05, 3.63) is 0 Å². The van der Waals surface area contributed by atoms with Crippen LogP contribution in [0.15, 0.2) is 0 Å². The number of rotatable bonds is 0. The Morgan fingerprint density at radius 3 is 1.42 bits per heavy atom. The van der Waals surface area contributed by atoms with Crippen LogP contribution in [-0.4, -0.2) is 0 Å². The first-order chi connectivity index (χ1) is 5.23. The Balaban J connectivity index is 0.000000563. The summed E-state index contributed by atoms with van der Waals surface area (Å²) in [5.74, 6) is 3.43. The lowest BCUT2D eigenvalue weighted by molar-refractivity contribution is -0.0411. The SMILES string of the molecule is Br.CC12CC3CC(CC(C3)C1)C2. The fourth-order valence-corrected chi connectivity index (χ4v) is 4.54. The van der Waals surface area contributed by atoms with Gasteiger partial charge in [-0.2, -0.15) is 0 Å². The summed E-state index contributed by atoms with van der Waals surface area (Å²) in [6.45, 7) is 2.54. The zero-order valence-corrected chi connectivity index (χ0v) is 9.60. The van der Waals surface area contributed by atoms with Gasteiger partial charge in [-0.05, 0) is 61.7 Å². The number of hydrogen-bond donors (Lipinski definition) is 0. The zero-order chi connectivity index (χ0) is 7.47. The van der Waals surface area contributed by atoms with E-state index in [1.165, 1.54) is 0 Å². The molecule has 0 aromatic heterocycles. The Labute approximate surface area is 85.9 Å². The van der Waals surface area contributed by atoms with E-state index in [9.17, 15) is 0 Å². The Hall–Kier alpha value is 0.480. The zero-order valence-electron chi connectivity index (χ0n) is 7.88. The minimum absolute atomic E-state index is 0. The summed E-state index contributed by atoms with van der Waals surface area (Å²) in [6.07, 6.45) is 9.48. The van der Waals surface area contributed by atoms with Crippen LogP contribution in [0.3, 0.4) is 0 Å². The lowest BCUT2D eigenvalue weighted by Gasteiger charge is -2.55. The molecule has 4 rings (SSSR count). The molecule has 0 aliphatic heterocycles. The van der Waals surface area contributed by atoms with Crippen LogP contribution in [0.4, 0.5) is 0 Å². The third kappa shape index (κ3) is 1.25. The summed E-state index contributed by atoms with van der Waals surface area (Å²) < 4.78 is 0. The summed E-state index contributed by atoms with van der Waals surface area (Å²) in [4.78, 5) is 0. The second-order valence-corrected chi connectivity index (χ2v) is 5.73. The maximum absolute atomic E-state index is 2.54. The smallest absolute Gasteiger partial charge is 0.0318 e. The molecule has 0 unspecified atom stereocenters. The molecule has 4 aliphatic rings. The predicted octanol–water partition coefficient (Wildman–Crippen LogP) is 3.80. The first-order valence-electron chi connectivity index (χ1n) is 5.23. The van der Waals surface area contributed by atoms with E-state index >= 15 is 0 Å². The average molecular weight is 231 g/mol. The summed E-state index contributed by atoms with van der Waals surface area (Å²) in [7, 11) is 0. The fraction of sp³-hybridized carbons (Fsp3) is 1.00. The third-order valence-corrected chi connectivity index (χ3v) is 4.34. The van der Waals surface area contributed by atoms with Crippen LogP contribution in [0.25, 0.3) is 0 Å². The highest BCUT2D eigenvalue weighted by Crippen LogP contribution is 2.59. The van der Waals surface area contributed by atoms with Gasteiger partial charge in [0.1, 0.15) is 0 Å². The van der Waals surface area contributed by atoms with Crippen LogP contribution in [0, 0.1) is 23.2 Å². The first kappa shape index (κ1) is 9.05. The van der Waals surface area contributed by atoms with Gasteiger partial charge in [0, 0.05) is 0 Å². The lowest BCUT2D eigenvalue weighted by atomic mass is 9.50. The van der Waals surface area contributed by atoms with Crippen molar-refractivity contribution >= 4 is 17.0 Å².